The number of benzene rings is 1. The van der Waals surface area contributed by atoms with Gasteiger partial charge in [-0.2, -0.15) is 0 Å². The molecule has 1 aliphatic heterocycles. The van der Waals surface area contributed by atoms with Gasteiger partial charge in [-0.1, -0.05) is 6.92 Å². The molecule has 0 aliphatic carbocycles. The van der Waals surface area contributed by atoms with E-state index in [-0.39, 0.29) is 5.91 Å². The van der Waals surface area contributed by atoms with Gasteiger partial charge in [-0.05, 0) is 36.6 Å². The van der Waals surface area contributed by atoms with E-state index in [1.165, 1.54) is 0 Å². The van der Waals surface area contributed by atoms with Gasteiger partial charge in [0.15, 0.2) is 6.10 Å². The lowest BCUT2D eigenvalue weighted by atomic mass is 10.0. The predicted octanol–water partition coefficient (Wildman–Crippen LogP) is 1.81. The van der Waals surface area contributed by atoms with Crippen molar-refractivity contribution >= 4 is 17.6 Å². The molecule has 0 radical (unpaired) electrons. The molecule has 2 rings (SSSR count). The van der Waals surface area contributed by atoms with Gasteiger partial charge in [0.2, 0.25) is 5.91 Å². The number of fused-ring (bicyclic) bond motifs is 1. The Kier molecular flexibility index (Phi) is 3.50. The minimum Gasteiger partial charge on any atom is -0.479 e. The van der Waals surface area contributed by atoms with E-state index >= 15 is 0 Å². The third-order valence-electron chi connectivity index (χ3n) is 2.90. The Hall–Kier alpha value is -2.04. The van der Waals surface area contributed by atoms with Gasteiger partial charge in [-0.3, -0.25) is 4.79 Å². The van der Waals surface area contributed by atoms with Gasteiger partial charge < -0.3 is 15.2 Å². The highest BCUT2D eigenvalue weighted by atomic mass is 16.5. The number of carbonyl (C=O) groups excluding carboxylic acids is 1. The van der Waals surface area contributed by atoms with E-state index in [0.717, 1.165) is 11.3 Å². The molecule has 1 aromatic carbocycles. The number of nitrogens with one attached hydrogen (secondary N) is 1. The van der Waals surface area contributed by atoms with Crippen molar-refractivity contribution in [2.75, 3.05) is 5.32 Å². The summed E-state index contributed by atoms with van der Waals surface area (Å²) in [6.07, 6.45) is 0.680. The zero-order valence-corrected chi connectivity index (χ0v) is 10.1. The van der Waals surface area contributed by atoms with E-state index in [2.05, 4.69) is 5.32 Å². The molecule has 0 saturated carbocycles. The molecular weight excluding hydrogens is 234 g/mol. The maximum Gasteiger partial charge on any atom is 0.344 e. The van der Waals surface area contributed by atoms with Crippen LogP contribution in [0.5, 0.6) is 5.75 Å². The van der Waals surface area contributed by atoms with Gasteiger partial charge in [0.25, 0.3) is 0 Å². The quantitative estimate of drug-likeness (QED) is 0.853. The first kappa shape index (κ1) is 12.4. The maximum absolute atomic E-state index is 11.2. The van der Waals surface area contributed by atoms with Crippen LogP contribution >= 0.6 is 0 Å². The number of carboxylic acid groups (broad SMARTS) is 1. The number of hydrogen-bond donors (Lipinski definition) is 2. The predicted molar refractivity (Wildman–Crippen MR) is 65.7 cm³/mol. The molecule has 1 unspecified atom stereocenters. The largest absolute Gasteiger partial charge is 0.479 e. The van der Waals surface area contributed by atoms with Gasteiger partial charge in [-0.25, -0.2) is 4.79 Å². The third kappa shape index (κ3) is 2.61. The number of carboxylic acids is 1. The second-order valence-corrected chi connectivity index (χ2v) is 4.22. The molecule has 2 N–H and O–H groups in total. The molecule has 0 aromatic heterocycles. The number of aryl methyl sites for hydroxylation is 1. The molecular formula is C13H15NO4. The summed E-state index contributed by atoms with van der Waals surface area (Å²) in [5.74, 6) is -0.434. The van der Waals surface area contributed by atoms with Crippen LogP contribution in [0.25, 0.3) is 0 Å². The zero-order valence-electron chi connectivity index (χ0n) is 10.1. The van der Waals surface area contributed by atoms with Crippen LogP contribution in [0.1, 0.15) is 25.3 Å². The van der Waals surface area contributed by atoms with Crippen molar-refractivity contribution in [3.63, 3.8) is 0 Å². The fourth-order valence-corrected chi connectivity index (χ4v) is 1.91. The van der Waals surface area contributed by atoms with E-state index in [0.29, 0.717) is 25.0 Å². The molecule has 96 valence electrons. The summed E-state index contributed by atoms with van der Waals surface area (Å²) in [7, 11) is 0. The highest BCUT2D eigenvalue weighted by Crippen LogP contribution is 2.27. The summed E-state index contributed by atoms with van der Waals surface area (Å²) in [5.41, 5.74) is 1.76. The molecule has 1 aromatic rings. The summed E-state index contributed by atoms with van der Waals surface area (Å²) >= 11 is 0. The van der Waals surface area contributed by atoms with Crippen LogP contribution in [0, 0.1) is 0 Å². The van der Waals surface area contributed by atoms with E-state index in [1.54, 1.807) is 25.1 Å². The van der Waals surface area contributed by atoms with Crippen LogP contribution in [0.2, 0.25) is 0 Å². The van der Waals surface area contributed by atoms with E-state index in [1.807, 2.05) is 0 Å². The molecule has 0 saturated heterocycles. The lowest BCUT2D eigenvalue weighted by Crippen LogP contribution is -2.26. The molecule has 0 spiro atoms. The standard InChI is InChI=1S/C13H15NO4/c1-2-11(13(16)17)18-9-4-5-10-8(7-9)3-6-12(15)14-10/h4-5,7,11H,2-3,6H2,1H3,(H,14,15)(H,16,17). The fourth-order valence-electron chi connectivity index (χ4n) is 1.91. The summed E-state index contributed by atoms with van der Waals surface area (Å²) < 4.78 is 5.41. The number of rotatable bonds is 4. The number of ether oxygens (including phenoxy) is 1. The average molecular weight is 249 g/mol. The molecule has 1 amide bonds. The van der Waals surface area contributed by atoms with Crippen LogP contribution in [0.4, 0.5) is 5.69 Å². The Bertz CT molecular complexity index is 484. The van der Waals surface area contributed by atoms with Crippen LogP contribution in [0.15, 0.2) is 18.2 Å². The number of anilines is 1. The van der Waals surface area contributed by atoms with Crippen molar-refractivity contribution in [1.29, 1.82) is 0 Å². The van der Waals surface area contributed by atoms with Crippen LogP contribution in [-0.4, -0.2) is 23.1 Å². The molecule has 18 heavy (non-hydrogen) atoms. The molecule has 0 bridgehead atoms. The Morgan fingerprint density at radius 3 is 2.94 bits per heavy atom. The Balaban J connectivity index is 2.16. The van der Waals surface area contributed by atoms with E-state index < -0.39 is 12.1 Å². The highest BCUT2D eigenvalue weighted by molar-refractivity contribution is 5.94. The van der Waals surface area contributed by atoms with Crippen molar-refractivity contribution in [2.45, 2.75) is 32.3 Å². The van der Waals surface area contributed by atoms with Gasteiger partial charge >= 0.3 is 5.97 Å². The minimum absolute atomic E-state index is 0.00754. The second-order valence-electron chi connectivity index (χ2n) is 4.22. The Labute approximate surface area is 105 Å². The maximum atomic E-state index is 11.2. The van der Waals surface area contributed by atoms with Gasteiger partial charge in [0, 0.05) is 12.1 Å². The van der Waals surface area contributed by atoms with Crippen molar-refractivity contribution in [2.24, 2.45) is 0 Å². The number of aliphatic carboxylic acids is 1. The normalized spacial score (nSPS) is 15.5. The number of hydrogen-bond acceptors (Lipinski definition) is 3. The summed E-state index contributed by atoms with van der Waals surface area (Å²) in [6.45, 7) is 1.76. The second kappa shape index (κ2) is 5.08. The molecule has 5 heteroatoms. The van der Waals surface area contributed by atoms with Crippen molar-refractivity contribution in [3.05, 3.63) is 23.8 Å². The van der Waals surface area contributed by atoms with Crippen LogP contribution < -0.4 is 10.1 Å². The van der Waals surface area contributed by atoms with E-state index in [9.17, 15) is 9.59 Å². The Morgan fingerprint density at radius 2 is 2.28 bits per heavy atom. The number of carbonyl (C=O) groups is 2. The van der Waals surface area contributed by atoms with Crippen molar-refractivity contribution < 1.29 is 19.4 Å². The third-order valence-corrected chi connectivity index (χ3v) is 2.90. The smallest absolute Gasteiger partial charge is 0.344 e. The summed E-state index contributed by atoms with van der Waals surface area (Å²) in [4.78, 5) is 22.1. The first-order valence-corrected chi connectivity index (χ1v) is 5.92. The summed E-state index contributed by atoms with van der Waals surface area (Å²) in [5, 5.41) is 11.7. The molecule has 1 heterocycles. The zero-order chi connectivity index (χ0) is 13.1. The van der Waals surface area contributed by atoms with Crippen molar-refractivity contribution in [1.82, 2.24) is 0 Å². The van der Waals surface area contributed by atoms with Gasteiger partial charge in [0.1, 0.15) is 5.75 Å². The molecule has 5 nitrogen and oxygen atoms in total. The van der Waals surface area contributed by atoms with Gasteiger partial charge in [0.05, 0.1) is 0 Å². The molecule has 1 aliphatic rings. The Morgan fingerprint density at radius 1 is 1.50 bits per heavy atom. The first-order chi connectivity index (χ1) is 8.60. The van der Waals surface area contributed by atoms with Crippen LogP contribution in [-0.2, 0) is 16.0 Å². The average Bonchev–Trinajstić information content (AvgIpc) is 2.35. The summed E-state index contributed by atoms with van der Waals surface area (Å²) in [6, 6.07) is 5.21. The minimum atomic E-state index is -0.969. The number of amides is 1. The van der Waals surface area contributed by atoms with Crippen LogP contribution in [0.3, 0.4) is 0 Å². The highest BCUT2D eigenvalue weighted by Gasteiger charge is 2.19. The monoisotopic (exact) mass is 249 g/mol. The SMILES string of the molecule is CCC(Oc1ccc2c(c1)CCC(=O)N2)C(=O)O. The lowest BCUT2D eigenvalue weighted by molar-refractivity contribution is -0.145. The lowest BCUT2D eigenvalue weighted by Gasteiger charge is -2.19. The van der Waals surface area contributed by atoms with Gasteiger partial charge in [-0.15, -0.1) is 0 Å². The van der Waals surface area contributed by atoms with E-state index in [4.69, 9.17) is 9.84 Å². The molecule has 0 fully saturated rings. The first-order valence-electron chi connectivity index (χ1n) is 5.92. The topological polar surface area (TPSA) is 75.6 Å². The van der Waals surface area contributed by atoms with Crippen molar-refractivity contribution in [3.8, 4) is 5.75 Å². The molecule has 1 atom stereocenters. The fraction of sp³-hybridized carbons (Fsp3) is 0.385.